The Hall–Kier alpha value is 0.242. The molecule has 0 saturated heterocycles. The molecule has 1 nitrogen and oxygen atoms in total. The molecule has 0 bridgehead atoms. The molecule has 1 N–H and O–H groups in total. The maximum Gasteiger partial charge on any atom is 0.121 e. The normalized spacial score (nSPS) is 20.0. The molecule has 17 heavy (non-hydrogen) atoms. The molecule has 1 rings (SSSR count). The van der Waals surface area contributed by atoms with Gasteiger partial charge in [-0.05, 0) is 49.7 Å². The zero-order chi connectivity index (χ0) is 12.2. The van der Waals surface area contributed by atoms with Crippen molar-refractivity contribution in [2.24, 2.45) is 5.41 Å². The van der Waals surface area contributed by atoms with Crippen LogP contribution in [-0.4, -0.2) is 5.11 Å². The van der Waals surface area contributed by atoms with Crippen LogP contribution in [0.5, 0.6) is 0 Å². The van der Waals surface area contributed by atoms with Gasteiger partial charge in [-0.25, -0.2) is 0 Å². The summed E-state index contributed by atoms with van der Waals surface area (Å²) >= 11 is 0. The molecule has 1 aliphatic rings. The average Bonchev–Trinajstić information content (AvgIpc) is 2.16. The first-order chi connectivity index (χ1) is 7.47. The van der Waals surface area contributed by atoms with Crippen LogP contribution in [0.4, 0.5) is 0 Å². The van der Waals surface area contributed by atoms with E-state index in [9.17, 15) is 0 Å². The predicted molar refractivity (Wildman–Crippen MR) is 69.4 cm³/mol. The van der Waals surface area contributed by atoms with Gasteiger partial charge in [0.1, 0.15) is 6.26 Å². The van der Waals surface area contributed by atoms with E-state index >= 15 is 0 Å². The van der Waals surface area contributed by atoms with E-state index in [-0.39, 0.29) is 49.5 Å². The standard InChI is InChI=1S/C15H22O.Ac/c1-12(9-11-16)7-8-14-13(2)6-5-10-15(14,3)4;/h6,8,11,16H,5,7,10H2,1-4H3;/b14-8+;. The van der Waals surface area contributed by atoms with Gasteiger partial charge in [-0.1, -0.05) is 37.3 Å². The van der Waals surface area contributed by atoms with E-state index in [1.54, 1.807) is 0 Å². The van der Waals surface area contributed by atoms with Crippen LogP contribution in [-0.2, 0) is 0 Å². The van der Waals surface area contributed by atoms with Crippen molar-refractivity contribution < 1.29 is 49.2 Å². The van der Waals surface area contributed by atoms with Crippen LogP contribution in [0.15, 0.2) is 40.9 Å². The first kappa shape index (κ1) is 17.2. The largest absolute Gasteiger partial charge is 0.507 e. The van der Waals surface area contributed by atoms with Gasteiger partial charge in [0.25, 0.3) is 0 Å². The molecule has 0 aliphatic heterocycles. The van der Waals surface area contributed by atoms with Gasteiger partial charge in [0.15, 0.2) is 0 Å². The summed E-state index contributed by atoms with van der Waals surface area (Å²) in [4.78, 5) is 0. The van der Waals surface area contributed by atoms with E-state index in [2.05, 4.69) is 38.7 Å². The van der Waals surface area contributed by atoms with Crippen molar-refractivity contribution in [1.29, 1.82) is 0 Å². The molecule has 0 spiro atoms. The molecule has 1 aliphatic carbocycles. The van der Waals surface area contributed by atoms with Gasteiger partial charge in [-0.15, -0.1) is 0 Å². The maximum atomic E-state index is 8.64. The molecule has 0 atom stereocenters. The zero-order valence-electron chi connectivity index (χ0n) is 11.4. The average molecular weight is 445 g/mol. The van der Waals surface area contributed by atoms with Crippen LogP contribution < -0.4 is 0 Å². The monoisotopic (exact) mass is 445 g/mol. The summed E-state index contributed by atoms with van der Waals surface area (Å²) in [6.45, 7) is 8.78. The van der Waals surface area contributed by atoms with Gasteiger partial charge in [-0.2, -0.15) is 0 Å². The van der Waals surface area contributed by atoms with Crippen molar-refractivity contribution in [1.82, 2.24) is 0 Å². The molecule has 2 heteroatoms. The minimum absolute atomic E-state index is 0. The van der Waals surface area contributed by atoms with Crippen LogP contribution in [0.25, 0.3) is 0 Å². The Kier molecular flexibility index (Phi) is 7.74. The van der Waals surface area contributed by atoms with Gasteiger partial charge >= 0.3 is 0 Å². The summed E-state index contributed by atoms with van der Waals surface area (Å²) in [5.41, 5.74) is 6.99. The molecule has 0 fully saturated rings. The Labute approximate surface area is 141 Å². The van der Waals surface area contributed by atoms with Crippen LogP contribution in [0.3, 0.4) is 0 Å². The molecule has 1 radical (unpaired) electrons. The number of hydrogen-bond donors (Lipinski definition) is 1. The van der Waals surface area contributed by atoms with Crippen LogP contribution >= 0.6 is 0 Å². The number of aliphatic hydroxyl groups excluding tert-OH is 1. The smallest absolute Gasteiger partial charge is 0.121 e. The van der Waals surface area contributed by atoms with Crippen molar-refractivity contribution in [3.63, 3.8) is 0 Å². The molecule has 0 amide bonds. The van der Waals surface area contributed by atoms with Gasteiger partial charge < -0.3 is 5.11 Å². The Morgan fingerprint density at radius 1 is 1.53 bits per heavy atom. The zero-order valence-corrected chi connectivity index (χ0v) is 16.1. The van der Waals surface area contributed by atoms with E-state index in [0.29, 0.717) is 0 Å². The third kappa shape index (κ3) is 5.17. The quantitative estimate of drug-likeness (QED) is 0.483. The molecule has 0 aromatic carbocycles. The third-order valence-corrected chi connectivity index (χ3v) is 3.30. The van der Waals surface area contributed by atoms with Crippen LogP contribution in [0.1, 0.15) is 47.0 Å². The minimum Gasteiger partial charge on any atom is -0.507 e. The Bertz CT molecular complexity index is 380. The second kappa shape index (κ2) is 7.63. The van der Waals surface area contributed by atoms with E-state index in [4.69, 9.17) is 5.11 Å². The molecule has 0 aromatic rings. The molecule has 0 heterocycles. The first-order valence-corrected chi connectivity index (χ1v) is 5.90. The fourth-order valence-corrected chi connectivity index (χ4v) is 2.29. The van der Waals surface area contributed by atoms with E-state index in [1.165, 1.54) is 24.0 Å². The van der Waals surface area contributed by atoms with Crippen molar-refractivity contribution in [3.05, 3.63) is 40.9 Å². The number of hydrogen-bond acceptors (Lipinski definition) is 1. The summed E-state index contributed by atoms with van der Waals surface area (Å²) in [5, 5.41) is 8.64. The van der Waals surface area contributed by atoms with Gasteiger partial charge in [0.05, 0.1) is 0 Å². The van der Waals surface area contributed by atoms with Crippen LogP contribution in [0.2, 0.25) is 0 Å². The fraction of sp³-hybridized carbons (Fsp3) is 0.533. The van der Waals surface area contributed by atoms with E-state index in [1.807, 2.05) is 6.92 Å². The SMILES string of the molecule is CC(=C=CO)C/C=C1\C(C)=CCCC1(C)C.[Ac]. The van der Waals surface area contributed by atoms with Crippen molar-refractivity contribution in [2.45, 2.75) is 47.0 Å². The van der Waals surface area contributed by atoms with E-state index in [0.717, 1.165) is 18.3 Å². The predicted octanol–water partition coefficient (Wildman–Crippen LogP) is 4.69. The summed E-state index contributed by atoms with van der Waals surface area (Å²) in [6, 6.07) is 0. The third-order valence-electron chi connectivity index (χ3n) is 3.30. The van der Waals surface area contributed by atoms with Gasteiger partial charge in [0, 0.05) is 44.1 Å². The number of aliphatic hydroxyl groups is 1. The second-order valence-corrected chi connectivity index (χ2v) is 5.19. The van der Waals surface area contributed by atoms with Crippen molar-refractivity contribution >= 4 is 0 Å². The second-order valence-electron chi connectivity index (χ2n) is 5.19. The molecule has 0 saturated carbocycles. The summed E-state index contributed by atoms with van der Waals surface area (Å²) in [7, 11) is 0. The summed E-state index contributed by atoms with van der Waals surface area (Å²) in [5.74, 6) is 0. The molecular formula is C15H22AcO. The molecule has 0 aromatic heterocycles. The van der Waals surface area contributed by atoms with Crippen LogP contribution in [0, 0.1) is 49.5 Å². The summed E-state index contributed by atoms with van der Waals surface area (Å²) < 4.78 is 0. The van der Waals surface area contributed by atoms with Crippen molar-refractivity contribution in [3.8, 4) is 0 Å². The Morgan fingerprint density at radius 2 is 2.18 bits per heavy atom. The molecule has 0 unspecified atom stereocenters. The Balaban J connectivity index is 0.00000256. The maximum absolute atomic E-state index is 8.64. The number of rotatable bonds is 2. The molecule has 91 valence electrons. The Morgan fingerprint density at radius 3 is 2.71 bits per heavy atom. The number of allylic oxidation sites excluding steroid dienone is 5. The van der Waals surface area contributed by atoms with E-state index < -0.39 is 0 Å². The van der Waals surface area contributed by atoms with Gasteiger partial charge in [-0.3, -0.25) is 0 Å². The molecular weight excluding hydrogens is 423 g/mol. The minimum atomic E-state index is 0. The summed E-state index contributed by atoms with van der Waals surface area (Å²) in [6.07, 6.45) is 8.84. The topological polar surface area (TPSA) is 20.2 Å². The fourth-order valence-electron chi connectivity index (χ4n) is 2.29. The van der Waals surface area contributed by atoms with Crippen molar-refractivity contribution in [2.75, 3.05) is 0 Å². The first-order valence-electron chi connectivity index (χ1n) is 5.90. The van der Waals surface area contributed by atoms with Gasteiger partial charge in [0.2, 0.25) is 0 Å².